The van der Waals surface area contributed by atoms with Crippen LogP contribution >= 0.6 is 11.6 Å². The molecule has 3 aromatic rings. The molecule has 0 amide bonds. The molecule has 0 spiro atoms. The van der Waals surface area contributed by atoms with Crippen molar-refractivity contribution < 1.29 is 13.2 Å². The number of likely N-dealkylation sites (N-methyl/N-ethyl adjacent to an activating group) is 1. The summed E-state index contributed by atoms with van der Waals surface area (Å²) in [5.74, 6) is 1.43. The standard InChI is InChI=1S/C23H28ClN7O3S/c1-30-10-12-31(13-11-30)18-8-9-20(21(14-18)34-2)27-23-25-15-19(24)22(28-23)26-16-4-6-17(7-5-16)29-35(3,32)33/h4-9,14-15,29H,10-13H2,1-3H3,(H2,25,26,27,28). The number of anilines is 6. The van der Waals surface area contributed by atoms with Gasteiger partial charge in [0, 0.05) is 49.3 Å². The molecule has 3 N–H and O–H groups in total. The summed E-state index contributed by atoms with van der Waals surface area (Å²) in [6.07, 6.45) is 2.60. The Kier molecular flexibility index (Phi) is 7.48. The molecule has 1 aromatic heterocycles. The second-order valence-electron chi connectivity index (χ2n) is 8.27. The number of hydrogen-bond acceptors (Lipinski definition) is 9. The lowest BCUT2D eigenvalue weighted by molar-refractivity contribution is 0.312. The number of nitrogens with zero attached hydrogens (tertiary/aromatic N) is 4. The molecule has 2 heterocycles. The second-order valence-corrected chi connectivity index (χ2v) is 10.4. The van der Waals surface area contributed by atoms with E-state index in [1.165, 1.54) is 6.20 Å². The van der Waals surface area contributed by atoms with E-state index in [1.807, 2.05) is 12.1 Å². The van der Waals surface area contributed by atoms with Gasteiger partial charge in [0.25, 0.3) is 0 Å². The van der Waals surface area contributed by atoms with Gasteiger partial charge in [-0.05, 0) is 43.4 Å². The molecule has 0 aliphatic carbocycles. The van der Waals surface area contributed by atoms with E-state index < -0.39 is 10.0 Å². The van der Waals surface area contributed by atoms with Crippen LogP contribution in [-0.4, -0.2) is 69.9 Å². The zero-order chi connectivity index (χ0) is 25.0. The third-order valence-electron chi connectivity index (χ3n) is 5.49. The first-order chi connectivity index (χ1) is 16.7. The Balaban J connectivity index is 1.48. The van der Waals surface area contributed by atoms with Crippen molar-refractivity contribution >= 4 is 56.1 Å². The molecule has 0 radical (unpaired) electrons. The van der Waals surface area contributed by atoms with E-state index >= 15 is 0 Å². The SMILES string of the molecule is COc1cc(N2CCN(C)CC2)ccc1Nc1ncc(Cl)c(Nc2ccc(NS(C)(=O)=O)cc2)n1. The number of aromatic nitrogens is 2. The largest absolute Gasteiger partial charge is 0.494 e. The zero-order valence-corrected chi connectivity index (χ0v) is 21.3. The third kappa shape index (κ3) is 6.65. The Morgan fingerprint density at radius 2 is 1.69 bits per heavy atom. The fourth-order valence-electron chi connectivity index (χ4n) is 3.65. The Labute approximate surface area is 210 Å². The minimum absolute atomic E-state index is 0.339. The number of rotatable bonds is 8. The minimum Gasteiger partial charge on any atom is -0.494 e. The van der Waals surface area contributed by atoms with Gasteiger partial charge in [0.1, 0.15) is 10.8 Å². The van der Waals surface area contributed by atoms with Gasteiger partial charge < -0.3 is 25.2 Å². The highest BCUT2D eigenvalue weighted by Crippen LogP contribution is 2.33. The van der Waals surface area contributed by atoms with Crippen LogP contribution in [0.1, 0.15) is 0 Å². The number of methoxy groups -OCH3 is 1. The van der Waals surface area contributed by atoms with E-state index in [4.69, 9.17) is 16.3 Å². The van der Waals surface area contributed by atoms with Crippen LogP contribution < -0.4 is 25.0 Å². The second kappa shape index (κ2) is 10.5. The Hall–Kier alpha value is -3.28. The maximum atomic E-state index is 11.4. The smallest absolute Gasteiger partial charge is 0.229 e. The van der Waals surface area contributed by atoms with Crippen molar-refractivity contribution in [3.8, 4) is 5.75 Å². The summed E-state index contributed by atoms with van der Waals surface area (Å²) in [6, 6.07) is 12.7. The molecule has 4 rings (SSSR count). The molecule has 10 nitrogen and oxygen atoms in total. The quantitative estimate of drug-likeness (QED) is 0.411. The number of hydrogen-bond donors (Lipinski definition) is 3. The summed E-state index contributed by atoms with van der Waals surface area (Å²) in [4.78, 5) is 13.4. The first kappa shape index (κ1) is 24.8. The van der Waals surface area contributed by atoms with E-state index in [2.05, 4.69) is 48.2 Å². The van der Waals surface area contributed by atoms with Gasteiger partial charge in [-0.1, -0.05) is 11.6 Å². The normalized spacial score (nSPS) is 14.5. The number of benzene rings is 2. The van der Waals surface area contributed by atoms with E-state index in [0.29, 0.717) is 33.9 Å². The highest BCUT2D eigenvalue weighted by atomic mass is 35.5. The molecule has 1 saturated heterocycles. The van der Waals surface area contributed by atoms with E-state index in [0.717, 1.165) is 43.8 Å². The van der Waals surface area contributed by atoms with Gasteiger partial charge in [-0.15, -0.1) is 0 Å². The van der Waals surface area contributed by atoms with Crippen molar-refractivity contribution in [2.45, 2.75) is 0 Å². The molecule has 0 bridgehead atoms. The predicted octanol–water partition coefficient (Wildman–Crippen LogP) is 3.75. The summed E-state index contributed by atoms with van der Waals surface area (Å²) >= 11 is 6.30. The Bertz CT molecular complexity index is 1280. The lowest BCUT2D eigenvalue weighted by Gasteiger charge is -2.34. The predicted molar refractivity (Wildman–Crippen MR) is 141 cm³/mol. The van der Waals surface area contributed by atoms with E-state index in [-0.39, 0.29) is 0 Å². The summed E-state index contributed by atoms with van der Waals surface area (Å²) in [5.41, 5.74) is 2.98. The first-order valence-corrected chi connectivity index (χ1v) is 13.2. The van der Waals surface area contributed by atoms with Gasteiger partial charge in [-0.2, -0.15) is 4.98 Å². The molecular formula is C23H28ClN7O3S. The molecule has 2 aromatic carbocycles. The van der Waals surface area contributed by atoms with Crippen LogP contribution in [0.2, 0.25) is 5.02 Å². The molecule has 186 valence electrons. The van der Waals surface area contributed by atoms with Crippen LogP contribution in [0.3, 0.4) is 0 Å². The molecule has 0 atom stereocenters. The van der Waals surface area contributed by atoms with Gasteiger partial charge in [-0.3, -0.25) is 4.72 Å². The van der Waals surface area contributed by atoms with Gasteiger partial charge in [0.05, 0.1) is 25.2 Å². The van der Waals surface area contributed by atoms with Crippen LogP contribution in [0.25, 0.3) is 0 Å². The van der Waals surface area contributed by atoms with Gasteiger partial charge >= 0.3 is 0 Å². The van der Waals surface area contributed by atoms with Crippen LogP contribution in [0.4, 0.5) is 34.5 Å². The minimum atomic E-state index is -3.34. The maximum Gasteiger partial charge on any atom is 0.229 e. The maximum absolute atomic E-state index is 11.4. The highest BCUT2D eigenvalue weighted by Gasteiger charge is 2.16. The first-order valence-electron chi connectivity index (χ1n) is 11.0. The van der Waals surface area contributed by atoms with Gasteiger partial charge in [0.2, 0.25) is 16.0 Å². The van der Waals surface area contributed by atoms with Crippen LogP contribution in [0, 0.1) is 0 Å². The van der Waals surface area contributed by atoms with E-state index in [9.17, 15) is 8.42 Å². The third-order valence-corrected chi connectivity index (χ3v) is 6.38. The summed E-state index contributed by atoms with van der Waals surface area (Å²) in [6.45, 7) is 3.97. The molecular weight excluding hydrogens is 490 g/mol. The fourth-order valence-corrected chi connectivity index (χ4v) is 4.35. The summed E-state index contributed by atoms with van der Waals surface area (Å²) in [5, 5.41) is 6.67. The summed E-state index contributed by atoms with van der Waals surface area (Å²) < 4.78 is 30.8. The molecule has 35 heavy (non-hydrogen) atoms. The number of piperazine rings is 1. The van der Waals surface area contributed by atoms with Crippen LogP contribution in [0.5, 0.6) is 5.75 Å². The fraction of sp³-hybridized carbons (Fsp3) is 0.304. The van der Waals surface area contributed by atoms with Crippen molar-refractivity contribution in [3.63, 3.8) is 0 Å². The Morgan fingerprint density at radius 1 is 1.00 bits per heavy atom. The van der Waals surface area contributed by atoms with Crippen molar-refractivity contribution in [3.05, 3.63) is 53.7 Å². The van der Waals surface area contributed by atoms with Crippen molar-refractivity contribution in [1.82, 2.24) is 14.9 Å². The average molecular weight is 518 g/mol. The molecule has 1 aliphatic rings. The highest BCUT2D eigenvalue weighted by molar-refractivity contribution is 7.92. The lowest BCUT2D eigenvalue weighted by atomic mass is 10.2. The zero-order valence-electron chi connectivity index (χ0n) is 19.7. The molecule has 0 unspecified atom stereocenters. The monoisotopic (exact) mass is 517 g/mol. The van der Waals surface area contributed by atoms with Crippen molar-refractivity contribution in [1.29, 1.82) is 0 Å². The molecule has 0 saturated carbocycles. The molecule has 12 heteroatoms. The lowest BCUT2D eigenvalue weighted by Crippen LogP contribution is -2.44. The number of ether oxygens (including phenoxy) is 1. The number of nitrogens with one attached hydrogen (secondary N) is 3. The topological polar surface area (TPSA) is 112 Å². The van der Waals surface area contributed by atoms with Crippen LogP contribution in [0.15, 0.2) is 48.7 Å². The van der Waals surface area contributed by atoms with Crippen molar-refractivity contribution in [2.75, 3.05) is 66.8 Å². The number of halogens is 1. The molecule has 1 aliphatic heterocycles. The van der Waals surface area contributed by atoms with Gasteiger partial charge in [-0.25, -0.2) is 13.4 Å². The molecule has 1 fully saturated rings. The number of sulfonamides is 1. The Morgan fingerprint density at radius 3 is 2.34 bits per heavy atom. The summed E-state index contributed by atoms with van der Waals surface area (Å²) in [7, 11) is 0.418. The average Bonchev–Trinajstić information content (AvgIpc) is 2.82. The van der Waals surface area contributed by atoms with Crippen molar-refractivity contribution in [2.24, 2.45) is 0 Å². The van der Waals surface area contributed by atoms with Gasteiger partial charge in [0.15, 0.2) is 5.82 Å². The van der Waals surface area contributed by atoms with E-state index in [1.54, 1.807) is 31.4 Å². The van der Waals surface area contributed by atoms with Crippen LogP contribution in [-0.2, 0) is 10.0 Å².